The summed E-state index contributed by atoms with van der Waals surface area (Å²) >= 11 is 13.8. The van der Waals surface area contributed by atoms with Crippen molar-refractivity contribution in [2.24, 2.45) is 5.41 Å². The number of nitrogens with zero attached hydrogens (tertiary/aromatic N) is 2. The van der Waals surface area contributed by atoms with Crippen LogP contribution in [0.1, 0.15) is 61.4 Å². The summed E-state index contributed by atoms with van der Waals surface area (Å²) in [7, 11) is 0. The van der Waals surface area contributed by atoms with Crippen LogP contribution in [0.25, 0.3) is 0 Å². The minimum Gasteiger partial charge on any atom is -0.491 e. The number of carbonyl (C=O) groups excluding carboxylic acids is 1. The molecule has 3 fully saturated rings. The van der Waals surface area contributed by atoms with Crippen LogP contribution in [-0.2, 0) is 0 Å². The standard InChI is InChI=1S/C28H34Cl2FN3O2/c1-18(2)36-21-8-6-19(7-9-21)25-27(28(25,29)30)12-16-33(17-13-27)20-10-14-34(15-11-20)26(35)22-4-3-5-23(31)24(22)32/h3-9,18,20,25H,10-17,32H2,1-2H3. The zero-order chi connectivity index (χ0) is 25.7. The van der Waals surface area contributed by atoms with Crippen molar-refractivity contribution in [3.63, 3.8) is 0 Å². The van der Waals surface area contributed by atoms with Crippen molar-refractivity contribution in [3.8, 4) is 5.75 Å². The van der Waals surface area contributed by atoms with Gasteiger partial charge in [0.2, 0.25) is 0 Å². The first-order chi connectivity index (χ1) is 17.1. The van der Waals surface area contributed by atoms with Gasteiger partial charge in [-0.3, -0.25) is 4.79 Å². The van der Waals surface area contributed by atoms with Crippen molar-refractivity contribution in [1.82, 2.24) is 9.80 Å². The predicted octanol–water partition coefficient (Wildman–Crippen LogP) is 5.85. The van der Waals surface area contributed by atoms with E-state index in [0.29, 0.717) is 19.1 Å². The zero-order valence-corrected chi connectivity index (χ0v) is 22.4. The number of hydrogen-bond acceptors (Lipinski definition) is 4. The highest BCUT2D eigenvalue weighted by atomic mass is 35.5. The number of halogens is 3. The van der Waals surface area contributed by atoms with Crippen LogP contribution >= 0.6 is 23.2 Å². The molecule has 1 atom stereocenters. The molecule has 2 N–H and O–H groups in total. The lowest BCUT2D eigenvalue weighted by atomic mass is 9.87. The van der Waals surface area contributed by atoms with Crippen LogP contribution in [0.5, 0.6) is 5.75 Å². The van der Waals surface area contributed by atoms with Gasteiger partial charge in [0.05, 0.1) is 17.4 Å². The van der Waals surface area contributed by atoms with E-state index in [1.54, 1.807) is 11.0 Å². The SMILES string of the molecule is CC(C)Oc1ccc(C2C(Cl)(Cl)C23CCN(C2CCN(C(=O)c4cccc(F)c4N)CC2)CC3)cc1. The van der Waals surface area contributed by atoms with E-state index < -0.39 is 10.2 Å². The summed E-state index contributed by atoms with van der Waals surface area (Å²) in [5.74, 6) is 0.242. The van der Waals surface area contributed by atoms with Gasteiger partial charge in [-0.05, 0) is 82.4 Å². The second-order valence-corrected chi connectivity index (χ2v) is 12.1. The molecule has 2 aromatic carbocycles. The topological polar surface area (TPSA) is 58.8 Å². The van der Waals surface area contributed by atoms with E-state index in [1.807, 2.05) is 26.0 Å². The highest BCUT2D eigenvalue weighted by Crippen LogP contribution is 2.78. The minimum absolute atomic E-state index is 0.0716. The summed E-state index contributed by atoms with van der Waals surface area (Å²) in [5.41, 5.74) is 7.06. The van der Waals surface area contributed by atoms with Gasteiger partial charge in [0.15, 0.2) is 0 Å². The fourth-order valence-electron chi connectivity index (χ4n) is 6.29. The van der Waals surface area contributed by atoms with Crippen LogP contribution < -0.4 is 10.5 Å². The van der Waals surface area contributed by atoms with Crippen LogP contribution in [0, 0.1) is 11.2 Å². The smallest absolute Gasteiger partial charge is 0.256 e. The number of nitrogen functional groups attached to an aromatic ring is 1. The molecule has 3 aliphatic rings. The third kappa shape index (κ3) is 4.46. The lowest BCUT2D eigenvalue weighted by Gasteiger charge is -2.42. The molecule has 1 spiro atoms. The van der Waals surface area contributed by atoms with Crippen molar-refractivity contribution in [3.05, 3.63) is 59.4 Å². The number of anilines is 1. The van der Waals surface area contributed by atoms with Crippen LogP contribution in [-0.4, -0.2) is 58.4 Å². The Kier molecular flexibility index (Phi) is 6.90. The van der Waals surface area contributed by atoms with Gasteiger partial charge in [0.1, 0.15) is 15.9 Å². The number of carbonyl (C=O) groups is 1. The number of rotatable bonds is 5. The molecule has 36 heavy (non-hydrogen) atoms. The maximum atomic E-state index is 13.8. The summed E-state index contributed by atoms with van der Waals surface area (Å²) < 4.78 is 18.8. The molecule has 8 heteroatoms. The number of nitrogens with two attached hydrogens (primary N) is 1. The number of piperidine rings is 2. The Labute approximate surface area is 222 Å². The second-order valence-electron chi connectivity index (χ2n) is 10.7. The number of likely N-dealkylation sites (tertiary alicyclic amines) is 2. The molecule has 2 heterocycles. The van der Waals surface area contributed by atoms with E-state index in [1.165, 1.54) is 17.7 Å². The number of ether oxygens (including phenoxy) is 1. The Balaban J connectivity index is 1.17. The van der Waals surface area contributed by atoms with Crippen molar-refractivity contribution >= 4 is 34.8 Å². The van der Waals surface area contributed by atoms with Crippen LogP contribution in [0.4, 0.5) is 10.1 Å². The molecule has 1 saturated carbocycles. The number of benzene rings is 2. The Hall–Kier alpha value is -2.02. The highest BCUT2D eigenvalue weighted by molar-refractivity contribution is 6.52. The summed E-state index contributed by atoms with van der Waals surface area (Å²) in [4.78, 5) is 17.2. The van der Waals surface area contributed by atoms with Gasteiger partial charge >= 0.3 is 0 Å². The largest absolute Gasteiger partial charge is 0.491 e. The van der Waals surface area contributed by atoms with Crippen molar-refractivity contribution in [1.29, 1.82) is 0 Å². The number of alkyl halides is 2. The Morgan fingerprint density at radius 1 is 1.06 bits per heavy atom. The summed E-state index contributed by atoms with van der Waals surface area (Å²) in [6.45, 7) is 7.21. The third-order valence-electron chi connectivity index (χ3n) is 8.32. The Bertz CT molecular complexity index is 1110. The summed E-state index contributed by atoms with van der Waals surface area (Å²) in [6.07, 6.45) is 3.82. The van der Waals surface area contributed by atoms with Gasteiger partial charge in [-0.25, -0.2) is 4.39 Å². The Morgan fingerprint density at radius 3 is 2.31 bits per heavy atom. The lowest BCUT2D eigenvalue weighted by molar-refractivity contribution is 0.0530. The molecule has 1 aliphatic carbocycles. The molecule has 194 valence electrons. The highest BCUT2D eigenvalue weighted by Gasteiger charge is 2.75. The average molecular weight is 535 g/mol. The Morgan fingerprint density at radius 2 is 1.69 bits per heavy atom. The van der Waals surface area contributed by atoms with Gasteiger partial charge in [-0.2, -0.15) is 0 Å². The molecule has 5 nitrogen and oxygen atoms in total. The van der Waals surface area contributed by atoms with Gasteiger partial charge in [-0.1, -0.05) is 18.2 Å². The van der Waals surface area contributed by atoms with Gasteiger partial charge in [-0.15, -0.1) is 23.2 Å². The quantitative estimate of drug-likeness (QED) is 0.386. The molecule has 0 aromatic heterocycles. The molecule has 1 amide bonds. The second kappa shape index (κ2) is 9.70. The average Bonchev–Trinajstić information content (AvgIpc) is 3.33. The molecule has 2 saturated heterocycles. The van der Waals surface area contributed by atoms with Crippen molar-refractivity contribution < 1.29 is 13.9 Å². The fourth-order valence-corrected chi connectivity index (χ4v) is 7.44. The normalized spacial score (nSPS) is 23.7. The first-order valence-corrected chi connectivity index (χ1v) is 13.6. The maximum absolute atomic E-state index is 13.8. The van der Waals surface area contributed by atoms with Crippen LogP contribution in [0.15, 0.2) is 42.5 Å². The van der Waals surface area contributed by atoms with Crippen molar-refractivity contribution in [2.75, 3.05) is 31.9 Å². The van der Waals surface area contributed by atoms with Gasteiger partial charge in [0, 0.05) is 30.5 Å². The number of para-hydroxylation sites is 1. The molecule has 2 aromatic rings. The van der Waals surface area contributed by atoms with E-state index in [9.17, 15) is 9.18 Å². The lowest BCUT2D eigenvalue weighted by Crippen LogP contribution is -2.49. The van der Waals surface area contributed by atoms with E-state index in [4.69, 9.17) is 33.7 Å². The van der Waals surface area contributed by atoms with E-state index >= 15 is 0 Å². The van der Waals surface area contributed by atoms with Crippen LogP contribution in [0.2, 0.25) is 0 Å². The minimum atomic E-state index is -0.750. The van der Waals surface area contributed by atoms with Crippen molar-refractivity contribution in [2.45, 2.75) is 61.9 Å². The first-order valence-electron chi connectivity index (χ1n) is 12.9. The monoisotopic (exact) mass is 533 g/mol. The van der Waals surface area contributed by atoms with E-state index in [2.05, 4.69) is 17.0 Å². The fraction of sp³-hybridized carbons (Fsp3) is 0.536. The molecule has 1 unspecified atom stereocenters. The zero-order valence-electron chi connectivity index (χ0n) is 20.9. The maximum Gasteiger partial charge on any atom is 0.256 e. The molecule has 2 aliphatic heterocycles. The van der Waals surface area contributed by atoms with E-state index in [0.717, 1.165) is 44.5 Å². The molecular formula is C28H34Cl2FN3O2. The first kappa shape index (κ1) is 25.6. The summed E-state index contributed by atoms with van der Waals surface area (Å²) in [6, 6.07) is 13.0. The third-order valence-corrected chi connectivity index (χ3v) is 9.51. The molecule has 5 rings (SSSR count). The van der Waals surface area contributed by atoms with Gasteiger partial charge < -0.3 is 20.3 Å². The number of hydrogen-bond donors (Lipinski definition) is 1. The predicted molar refractivity (Wildman–Crippen MR) is 142 cm³/mol. The van der Waals surface area contributed by atoms with E-state index in [-0.39, 0.29) is 34.6 Å². The van der Waals surface area contributed by atoms with Crippen LogP contribution in [0.3, 0.4) is 0 Å². The molecular weight excluding hydrogens is 500 g/mol. The number of amides is 1. The summed E-state index contributed by atoms with van der Waals surface area (Å²) in [5, 5.41) is 0. The molecule has 0 bridgehead atoms. The molecule has 0 radical (unpaired) electrons. The van der Waals surface area contributed by atoms with Gasteiger partial charge in [0.25, 0.3) is 5.91 Å².